The summed E-state index contributed by atoms with van der Waals surface area (Å²) < 4.78 is 12.6. The second-order valence-corrected chi connectivity index (χ2v) is 10.1. The summed E-state index contributed by atoms with van der Waals surface area (Å²) in [6.45, 7) is 4.35. The van der Waals surface area contributed by atoms with Crippen molar-refractivity contribution in [1.29, 1.82) is 0 Å². The van der Waals surface area contributed by atoms with Crippen molar-refractivity contribution < 1.29 is 14.3 Å². The van der Waals surface area contributed by atoms with Crippen molar-refractivity contribution in [3.63, 3.8) is 0 Å². The zero-order valence-corrected chi connectivity index (χ0v) is 19.7. The minimum atomic E-state index is -0.310. The molecule has 4 heterocycles. The number of nitrogens with zero attached hydrogens (tertiary/aromatic N) is 1. The molecule has 33 heavy (non-hydrogen) atoms. The van der Waals surface area contributed by atoms with E-state index in [9.17, 15) is 4.79 Å². The maximum atomic E-state index is 13.3. The van der Waals surface area contributed by atoms with Gasteiger partial charge in [0.25, 0.3) is 0 Å². The van der Waals surface area contributed by atoms with Gasteiger partial charge < -0.3 is 14.5 Å². The number of aromatic nitrogens is 1. The third kappa shape index (κ3) is 3.36. The number of carbonyl (C=O) groups is 1. The molecule has 6 heteroatoms. The Labute approximate surface area is 199 Å². The Bertz CT molecular complexity index is 1220. The Morgan fingerprint density at radius 1 is 1.24 bits per heavy atom. The highest BCUT2D eigenvalue weighted by molar-refractivity contribution is 6.33. The van der Waals surface area contributed by atoms with Crippen LogP contribution in [0.4, 0.5) is 0 Å². The first-order valence-electron chi connectivity index (χ1n) is 12.1. The minimum Gasteiger partial charge on any atom is -0.470 e. The van der Waals surface area contributed by atoms with Crippen LogP contribution in [0.1, 0.15) is 59.3 Å². The van der Waals surface area contributed by atoms with Gasteiger partial charge in [0.15, 0.2) is 5.72 Å². The Kier molecular flexibility index (Phi) is 5.15. The van der Waals surface area contributed by atoms with Gasteiger partial charge in [0.1, 0.15) is 12.4 Å². The number of fused-ring (bicyclic) bond motifs is 3. The number of carbonyl (C=O) groups excluding carboxylic acids is 1. The fraction of sp³-hybridized carbons (Fsp3) is 0.444. The predicted octanol–water partition coefficient (Wildman–Crippen LogP) is 6.01. The molecule has 3 aliphatic heterocycles. The van der Waals surface area contributed by atoms with Gasteiger partial charge in [0.05, 0.1) is 10.6 Å². The number of hydrogen-bond acceptors (Lipinski definition) is 4. The zero-order valence-electron chi connectivity index (χ0n) is 19.0. The van der Waals surface area contributed by atoms with Crippen LogP contribution in [0.3, 0.4) is 0 Å². The molecule has 0 radical (unpaired) electrons. The first-order valence-corrected chi connectivity index (χ1v) is 12.4. The molecule has 0 bridgehead atoms. The summed E-state index contributed by atoms with van der Waals surface area (Å²) in [5.74, 6) is 0.852. The quantitative estimate of drug-likeness (QED) is 0.482. The largest absolute Gasteiger partial charge is 0.470 e. The molecule has 2 unspecified atom stereocenters. The number of esters is 1. The standard InChI is InChI=1S/C27H29ClN2O3/c1-17-23(26(31)32-16-18-8-3-2-4-9-18)24-20-14-19-10-7-13-30-12-6-5-11-27(19,30)33-25(20)21(28)15-22(24)29-17/h2-4,8-9,15,19,29H,5-7,10-14,16H2,1H3. The molecule has 2 aromatic carbocycles. The number of piperidine rings is 2. The van der Waals surface area contributed by atoms with Crippen LogP contribution in [0, 0.1) is 12.8 Å². The molecule has 2 saturated heterocycles. The SMILES string of the molecule is Cc1[nH]c2cc(Cl)c3c(c2c1C(=O)OCc1ccccc1)CC1CCCN2CCCCC12O3. The lowest BCUT2D eigenvalue weighted by atomic mass is 9.74. The molecule has 0 saturated carbocycles. The van der Waals surface area contributed by atoms with E-state index >= 15 is 0 Å². The van der Waals surface area contributed by atoms with Gasteiger partial charge in [0.2, 0.25) is 0 Å². The van der Waals surface area contributed by atoms with Gasteiger partial charge >= 0.3 is 5.97 Å². The molecular formula is C27H29ClN2O3. The molecule has 3 aromatic rings. The van der Waals surface area contributed by atoms with E-state index in [1.54, 1.807) is 0 Å². The van der Waals surface area contributed by atoms with E-state index in [-0.39, 0.29) is 18.3 Å². The Balaban J connectivity index is 1.41. The number of aryl methyl sites for hydroxylation is 1. The molecule has 1 spiro atoms. The third-order valence-corrected chi connectivity index (χ3v) is 8.07. The van der Waals surface area contributed by atoms with Crippen LogP contribution in [-0.2, 0) is 17.8 Å². The van der Waals surface area contributed by atoms with Gasteiger partial charge in [-0.25, -0.2) is 4.79 Å². The maximum absolute atomic E-state index is 13.3. The van der Waals surface area contributed by atoms with E-state index in [0.717, 1.165) is 65.8 Å². The summed E-state index contributed by atoms with van der Waals surface area (Å²) in [7, 11) is 0. The van der Waals surface area contributed by atoms with Crippen molar-refractivity contribution >= 4 is 28.5 Å². The van der Waals surface area contributed by atoms with Crippen LogP contribution in [0.25, 0.3) is 10.9 Å². The second-order valence-electron chi connectivity index (χ2n) is 9.71. The molecule has 2 atom stereocenters. The van der Waals surface area contributed by atoms with Crippen LogP contribution in [0.2, 0.25) is 5.02 Å². The number of rotatable bonds is 3. The molecule has 2 fully saturated rings. The summed E-state index contributed by atoms with van der Waals surface area (Å²) >= 11 is 6.78. The van der Waals surface area contributed by atoms with Gasteiger partial charge in [-0.15, -0.1) is 0 Å². The van der Waals surface area contributed by atoms with Crippen LogP contribution in [0.15, 0.2) is 36.4 Å². The van der Waals surface area contributed by atoms with Crippen LogP contribution >= 0.6 is 11.6 Å². The number of hydrogen-bond donors (Lipinski definition) is 1. The molecule has 0 aliphatic carbocycles. The number of nitrogens with one attached hydrogen (secondary N) is 1. The number of aromatic amines is 1. The second kappa shape index (κ2) is 8.07. The number of benzene rings is 2. The maximum Gasteiger partial charge on any atom is 0.340 e. The van der Waals surface area contributed by atoms with Crippen molar-refractivity contribution in [3.8, 4) is 5.75 Å². The summed E-state index contributed by atoms with van der Waals surface area (Å²) in [5, 5.41) is 1.53. The summed E-state index contributed by atoms with van der Waals surface area (Å²) in [5.41, 5.74) is 4.05. The van der Waals surface area contributed by atoms with Crippen LogP contribution in [0.5, 0.6) is 5.75 Å². The smallest absolute Gasteiger partial charge is 0.340 e. The van der Waals surface area contributed by atoms with E-state index in [0.29, 0.717) is 16.5 Å². The van der Waals surface area contributed by atoms with E-state index in [1.807, 2.05) is 43.3 Å². The number of halogens is 1. The van der Waals surface area contributed by atoms with E-state index in [1.165, 1.54) is 19.3 Å². The Hall–Kier alpha value is -2.50. The van der Waals surface area contributed by atoms with Crippen LogP contribution < -0.4 is 4.74 Å². The summed E-state index contributed by atoms with van der Waals surface area (Å²) in [6.07, 6.45) is 6.66. The average molecular weight is 465 g/mol. The fourth-order valence-electron chi connectivity index (χ4n) is 6.31. The lowest BCUT2D eigenvalue weighted by molar-refractivity contribution is -0.177. The number of ether oxygens (including phenoxy) is 2. The zero-order chi connectivity index (χ0) is 22.6. The van der Waals surface area contributed by atoms with Crippen molar-refractivity contribution in [2.24, 2.45) is 5.92 Å². The van der Waals surface area contributed by atoms with Gasteiger partial charge in [0, 0.05) is 47.6 Å². The topological polar surface area (TPSA) is 54.6 Å². The highest BCUT2D eigenvalue weighted by Gasteiger charge is 2.52. The average Bonchev–Trinajstić information content (AvgIpc) is 3.16. The lowest BCUT2D eigenvalue weighted by Gasteiger charge is -2.56. The summed E-state index contributed by atoms with van der Waals surface area (Å²) in [6, 6.07) is 11.7. The van der Waals surface area contributed by atoms with Gasteiger partial charge in [-0.3, -0.25) is 4.90 Å². The van der Waals surface area contributed by atoms with Gasteiger partial charge in [-0.05, 0) is 50.7 Å². The highest BCUT2D eigenvalue weighted by atomic mass is 35.5. The molecule has 1 N–H and O–H groups in total. The van der Waals surface area contributed by atoms with Gasteiger partial charge in [-0.1, -0.05) is 41.9 Å². The van der Waals surface area contributed by atoms with Crippen molar-refractivity contribution in [3.05, 3.63) is 63.8 Å². The fourth-order valence-corrected chi connectivity index (χ4v) is 6.57. The van der Waals surface area contributed by atoms with E-state index < -0.39 is 0 Å². The van der Waals surface area contributed by atoms with Crippen LogP contribution in [-0.4, -0.2) is 34.7 Å². The van der Waals surface area contributed by atoms with Crippen molar-refractivity contribution in [2.45, 2.75) is 57.8 Å². The lowest BCUT2D eigenvalue weighted by Crippen LogP contribution is -2.64. The van der Waals surface area contributed by atoms with E-state index in [2.05, 4.69) is 9.88 Å². The molecule has 3 aliphatic rings. The molecule has 6 rings (SSSR count). The Morgan fingerprint density at radius 2 is 2.06 bits per heavy atom. The minimum absolute atomic E-state index is 0.249. The van der Waals surface area contributed by atoms with Crippen molar-refractivity contribution in [2.75, 3.05) is 13.1 Å². The first kappa shape index (κ1) is 21.1. The monoisotopic (exact) mass is 464 g/mol. The van der Waals surface area contributed by atoms with E-state index in [4.69, 9.17) is 21.1 Å². The summed E-state index contributed by atoms with van der Waals surface area (Å²) in [4.78, 5) is 19.2. The molecule has 0 amide bonds. The number of H-pyrrole nitrogens is 1. The molecule has 1 aromatic heterocycles. The normalized spacial score (nSPS) is 24.5. The van der Waals surface area contributed by atoms with Gasteiger partial charge in [-0.2, -0.15) is 0 Å². The van der Waals surface area contributed by atoms with Crippen molar-refractivity contribution in [1.82, 2.24) is 9.88 Å². The highest BCUT2D eigenvalue weighted by Crippen LogP contribution is 2.52. The molecule has 172 valence electrons. The third-order valence-electron chi connectivity index (χ3n) is 7.79. The molecular weight excluding hydrogens is 436 g/mol. The first-order chi connectivity index (χ1) is 16.1. The Morgan fingerprint density at radius 3 is 2.91 bits per heavy atom. The predicted molar refractivity (Wildman–Crippen MR) is 129 cm³/mol. The molecule has 5 nitrogen and oxygen atoms in total.